The number of carbonyl (C=O) groups excluding carboxylic acids is 1. The standard InChI is InChI=1S/C20H25NO2/c1-2-15-16-11-7-4-8-12-17(16)19(22)21-18(13-23-20(15)21)14-9-5-3-6-10-14/h3,5-7,9-11,15-18,20H,2,4,8,12-13H2,1H3/t15-,16+,17-,18-,20+/m0/s1. The van der Waals surface area contributed by atoms with E-state index in [1.165, 1.54) is 5.56 Å². The molecule has 2 aliphatic heterocycles. The predicted molar refractivity (Wildman–Crippen MR) is 89.5 cm³/mol. The fourth-order valence-electron chi connectivity index (χ4n) is 4.69. The van der Waals surface area contributed by atoms with Crippen LogP contribution in [0.1, 0.15) is 44.2 Å². The van der Waals surface area contributed by atoms with Gasteiger partial charge in [-0.05, 0) is 37.2 Å². The summed E-state index contributed by atoms with van der Waals surface area (Å²) in [5, 5.41) is 0. The molecule has 0 N–H and O–H groups in total. The minimum atomic E-state index is -0.0540. The molecule has 4 rings (SSSR count). The summed E-state index contributed by atoms with van der Waals surface area (Å²) in [6, 6.07) is 10.4. The number of hydrogen-bond donors (Lipinski definition) is 0. The maximum absolute atomic E-state index is 13.3. The number of allylic oxidation sites excluding steroid dienone is 2. The van der Waals surface area contributed by atoms with Crippen LogP contribution < -0.4 is 0 Å². The zero-order valence-corrected chi connectivity index (χ0v) is 13.7. The Bertz CT molecular complexity index is 597. The Labute approximate surface area is 138 Å². The molecule has 3 heteroatoms. The first kappa shape index (κ1) is 14.9. The second-order valence-corrected chi connectivity index (χ2v) is 7.01. The number of rotatable bonds is 2. The lowest BCUT2D eigenvalue weighted by atomic mass is 9.73. The molecule has 1 aromatic rings. The zero-order valence-electron chi connectivity index (χ0n) is 13.7. The summed E-state index contributed by atoms with van der Waals surface area (Å²) in [6.45, 7) is 2.85. The molecule has 2 saturated heterocycles. The van der Waals surface area contributed by atoms with Gasteiger partial charge in [0.2, 0.25) is 5.91 Å². The van der Waals surface area contributed by atoms with Gasteiger partial charge in [0.15, 0.2) is 0 Å². The number of hydrogen-bond acceptors (Lipinski definition) is 2. The number of ether oxygens (including phenoxy) is 1. The van der Waals surface area contributed by atoms with Crippen molar-refractivity contribution in [3.63, 3.8) is 0 Å². The van der Waals surface area contributed by atoms with Gasteiger partial charge >= 0.3 is 0 Å². The lowest BCUT2D eigenvalue weighted by Gasteiger charge is -2.45. The molecule has 0 saturated carbocycles. The number of piperidine rings is 1. The van der Waals surface area contributed by atoms with E-state index in [1.807, 2.05) is 18.2 Å². The summed E-state index contributed by atoms with van der Waals surface area (Å²) in [6.07, 6.45) is 8.82. The van der Waals surface area contributed by atoms with Gasteiger partial charge in [0.25, 0.3) is 0 Å². The van der Waals surface area contributed by atoms with Gasteiger partial charge in [-0.25, -0.2) is 0 Å². The molecule has 122 valence electrons. The maximum atomic E-state index is 13.3. The highest BCUT2D eigenvalue weighted by atomic mass is 16.5. The van der Waals surface area contributed by atoms with E-state index >= 15 is 0 Å². The van der Waals surface area contributed by atoms with Crippen molar-refractivity contribution < 1.29 is 9.53 Å². The Morgan fingerprint density at radius 3 is 2.87 bits per heavy atom. The molecular formula is C20H25NO2. The van der Waals surface area contributed by atoms with Crippen LogP contribution in [0.4, 0.5) is 0 Å². The Hall–Kier alpha value is -1.61. The Balaban J connectivity index is 1.70. The molecule has 1 amide bonds. The van der Waals surface area contributed by atoms with Crippen molar-refractivity contribution in [1.82, 2.24) is 4.90 Å². The molecule has 23 heavy (non-hydrogen) atoms. The second-order valence-electron chi connectivity index (χ2n) is 7.01. The maximum Gasteiger partial charge on any atom is 0.228 e. The van der Waals surface area contributed by atoms with Gasteiger partial charge in [-0.1, -0.05) is 49.4 Å². The lowest BCUT2D eigenvalue weighted by molar-refractivity contribution is -0.159. The molecule has 0 spiro atoms. The van der Waals surface area contributed by atoms with Crippen LogP contribution in [0.3, 0.4) is 0 Å². The molecular weight excluding hydrogens is 286 g/mol. The highest BCUT2D eigenvalue weighted by Gasteiger charge is 2.52. The van der Waals surface area contributed by atoms with Crippen LogP contribution in [0.25, 0.3) is 0 Å². The van der Waals surface area contributed by atoms with Gasteiger partial charge < -0.3 is 9.64 Å². The van der Waals surface area contributed by atoms with Gasteiger partial charge in [0, 0.05) is 11.8 Å². The number of carbonyl (C=O) groups is 1. The summed E-state index contributed by atoms with van der Waals surface area (Å²) in [4.78, 5) is 15.3. The summed E-state index contributed by atoms with van der Waals surface area (Å²) >= 11 is 0. The molecule has 5 atom stereocenters. The first-order chi connectivity index (χ1) is 11.3. The first-order valence-corrected chi connectivity index (χ1v) is 8.96. The number of benzene rings is 1. The average Bonchev–Trinajstić information content (AvgIpc) is 2.88. The van der Waals surface area contributed by atoms with Gasteiger partial charge in [0.1, 0.15) is 6.23 Å². The lowest BCUT2D eigenvalue weighted by Crippen LogP contribution is -2.54. The second kappa shape index (κ2) is 6.12. The Kier molecular flexibility index (Phi) is 3.98. The van der Waals surface area contributed by atoms with Crippen molar-refractivity contribution in [3.05, 3.63) is 48.0 Å². The van der Waals surface area contributed by atoms with E-state index in [-0.39, 0.29) is 18.2 Å². The summed E-state index contributed by atoms with van der Waals surface area (Å²) in [7, 11) is 0. The first-order valence-electron chi connectivity index (χ1n) is 8.96. The monoisotopic (exact) mass is 311 g/mol. The van der Waals surface area contributed by atoms with Crippen molar-refractivity contribution in [2.45, 2.75) is 44.9 Å². The van der Waals surface area contributed by atoms with E-state index < -0.39 is 0 Å². The Morgan fingerprint density at radius 2 is 2.09 bits per heavy atom. The van der Waals surface area contributed by atoms with E-state index in [0.717, 1.165) is 25.7 Å². The fourth-order valence-corrected chi connectivity index (χ4v) is 4.69. The average molecular weight is 311 g/mol. The molecule has 1 aromatic carbocycles. The number of fused-ring (bicyclic) bond motifs is 2. The van der Waals surface area contributed by atoms with Crippen LogP contribution >= 0.6 is 0 Å². The molecule has 1 aliphatic carbocycles. The van der Waals surface area contributed by atoms with E-state index in [4.69, 9.17) is 4.74 Å². The molecule has 0 unspecified atom stereocenters. The zero-order chi connectivity index (χ0) is 15.8. The summed E-state index contributed by atoms with van der Waals surface area (Å²) in [5.74, 6) is 1.22. The van der Waals surface area contributed by atoms with Gasteiger partial charge in [-0.3, -0.25) is 4.79 Å². The molecule has 0 radical (unpaired) electrons. The van der Waals surface area contributed by atoms with Crippen LogP contribution in [-0.4, -0.2) is 23.6 Å². The molecule has 0 bridgehead atoms. The quantitative estimate of drug-likeness (QED) is 0.775. The molecule has 3 aliphatic rings. The predicted octanol–water partition coefficient (Wildman–Crippen LogP) is 3.92. The fraction of sp³-hybridized carbons (Fsp3) is 0.550. The Morgan fingerprint density at radius 1 is 1.26 bits per heavy atom. The summed E-state index contributed by atoms with van der Waals surface area (Å²) in [5.41, 5.74) is 1.20. The normalized spacial score (nSPS) is 36.5. The molecule has 2 fully saturated rings. The van der Waals surface area contributed by atoms with E-state index in [0.29, 0.717) is 24.3 Å². The SMILES string of the molecule is CC[C@H]1[C@H]2C=CCCC[C@@H]2C(=O)N2[C@@H]1OC[C@H]2c1ccccc1. The number of amides is 1. The van der Waals surface area contributed by atoms with Crippen molar-refractivity contribution in [3.8, 4) is 0 Å². The van der Waals surface area contributed by atoms with Crippen LogP contribution in [-0.2, 0) is 9.53 Å². The highest BCUT2D eigenvalue weighted by Crippen LogP contribution is 2.47. The van der Waals surface area contributed by atoms with E-state index in [2.05, 4.69) is 36.1 Å². The van der Waals surface area contributed by atoms with Gasteiger partial charge in [-0.15, -0.1) is 0 Å². The third kappa shape index (κ3) is 2.42. The third-order valence-electron chi connectivity index (χ3n) is 5.83. The van der Waals surface area contributed by atoms with Crippen LogP contribution in [0, 0.1) is 17.8 Å². The van der Waals surface area contributed by atoms with Gasteiger partial charge in [-0.2, -0.15) is 0 Å². The van der Waals surface area contributed by atoms with Crippen molar-refractivity contribution >= 4 is 5.91 Å². The molecule has 3 nitrogen and oxygen atoms in total. The van der Waals surface area contributed by atoms with E-state index in [9.17, 15) is 4.79 Å². The van der Waals surface area contributed by atoms with Crippen molar-refractivity contribution in [2.75, 3.05) is 6.61 Å². The molecule has 0 aromatic heterocycles. The summed E-state index contributed by atoms with van der Waals surface area (Å²) < 4.78 is 6.16. The smallest absolute Gasteiger partial charge is 0.228 e. The van der Waals surface area contributed by atoms with E-state index in [1.54, 1.807) is 0 Å². The van der Waals surface area contributed by atoms with Crippen LogP contribution in [0.5, 0.6) is 0 Å². The topological polar surface area (TPSA) is 29.5 Å². The highest BCUT2D eigenvalue weighted by molar-refractivity contribution is 5.81. The van der Waals surface area contributed by atoms with Crippen LogP contribution in [0.2, 0.25) is 0 Å². The van der Waals surface area contributed by atoms with Crippen molar-refractivity contribution in [1.29, 1.82) is 0 Å². The van der Waals surface area contributed by atoms with Gasteiger partial charge in [0.05, 0.1) is 12.6 Å². The minimum Gasteiger partial charge on any atom is -0.355 e. The van der Waals surface area contributed by atoms with Crippen LogP contribution in [0.15, 0.2) is 42.5 Å². The largest absolute Gasteiger partial charge is 0.355 e. The number of nitrogens with zero attached hydrogens (tertiary/aromatic N) is 1. The third-order valence-corrected chi connectivity index (χ3v) is 5.83. The minimum absolute atomic E-state index is 0.0540. The van der Waals surface area contributed by atoms with Crippen molar-refractivity contribution in [2.24, 2.45) is 17.8 Å². The molecule has 2 heterocycles.